The molecule has 0 radical (unpaired) electrons. The number of rotatable bonds is 6. The van der Waals surface area contributed by atoms with Crippen LogP contribution in [0.15, 0.2) is 18.2 Å². The lowest BCUT2D eigenvalue weighted by Gasteiger charge is -2.08. The van der Waals surface area contributed by atoms with Gasteiger partial charge in [-0.3, -0.25) is 0 Å². The van der Waals surface area contributed by atoms with E-state index in [1.165, 1.54) is 0 Å². The summed E-state index contributed by atoms with van der Waals surface area (Å²) in [4.78, 5) is 0. The molecule has 0 atom stereocenters. The standard InChI is InChI=1S/C11H16ClNOS/c1-2-15-7-3-6-14-11-5-4-9(12)8-10(11)13/h4-5,8H,2-3,6-7,13H2,1H3. The van der Waals surface area contributed by atoms with Crippen LogP contribution in [-0.2, 0) is 0 Å². The Morgan fingerprint density at radius 1 is 1.47 bits per heavy atom. The summed E-state index contributed by atoms with van der Waals surface area (Å²) in [6, 6.07) is 5.30. The van der Waals surface area contributed by atoms with Crippen molar-refractivity contribution in [3.05, 3.63) is 23.2 Å². The van der Waals surface area contributed by atoms with Gasteiger partial charge in [0.2, 0.25) is 0 Å². The lowest BCUT2D eigenvalue weighted by atomic mass is 10.3. The van der Waals surface area contributed by atoms with E-state index in [1.807, 2.05) is 17.8 Å². The van der Waals surface area contributed by atoms with Crippen molar-refractivity contribution in [3.63, 3.8) is 0 Å². The zero-order chi connectivity index (χ0) is 11.1. The molecule has 15 heavy (non-hydrogen) atoms. The zero-order valence-corrected chi connectivity index (χ0v) is 10.4. The highest BCUT2D eigenvalue weighted by atomic mass is 35.5. The summed E-state index contributed by atoms with van der Waals surface area (Å²) in [5.41, 5.74) is 6.35. The summed E-state index contributed by atoms with van der Waals surface area (Å²) in [6.45, 7) is 2.86. The van der Waals surface area contributed by atoms with Gasteiger partial charge in [0, 0.05) is 5.02 Å². The highest BCUT2D eigenvalue weighted by Crippen LogP contribution is 2.24. The highest BCUT2D eigenvalue weighted by Gasteiger charge is 2.00. The van der Waals surface area contributed by atoms with Crippen LogP contribution >= 0.6 is 23.4 Å². The monoisotopic (exact) mass is 245 g/mol. The van der Waals surface area contributed by atoms with E-state index in [1.54, 1.807) is 12.1 Å². The average molecular weight is 246 g/mol. The molecular weight excluding hydrogens is 230 g/mol. The van der Waals surface area contributed by atoms with E-state index in [2.05, 4.69) is 6.92 Å². The Morgan fingerprint density at radius 2 is 2.27 bits per heavy atom. The van der Waals surface area contributed by atoms with Crippen molar-refractivity contribution in [2.75, 3.05) is 23.8 Å². The smallest absolute Gasteiger partial charge is 0.142 e. The predicted molar refractivity (Wildman–Crippen MR) is 69.0 cm³/mol. The van der Waals surface area contributed by atoms with Gasteiger partial charge in [-0.05, 0) is 36.1 Å². The molecule has 2 nitrogen and oxygen atoms in total. The maximum atomic E-state index is 5.78. The molecule has 0 aliphatic heterocycles. The van der Waals surface area contributed by atoms with Crippen LogP contribution in [0, 0.1) is 0 Å². The summed E-state index contributed by atoms with van der Waals surface area (Å²) in [6.07, 6.45) is 1.04. The van der Waals surface area contributed by atoms with Crippen molar-refractivity contribution in [2.45, 2.75) is 13.3 Å². The maximum Gasteiger partial charge on any atom is 0.142 e. The van der Waals surface area contributed by atoms with Gasteiger partial charge in [0.1, 0.15) is 5.75 Å². The van der Waals surface area contributed by atoms with Crippen LogP contribution < -0.4 is 10.5 Å². The average Bonchev–Trinajstić information content (AvgIpc) is 2.20. The molecule has 0 spiro atoms. The van der Waals surface area contributed by atoms with Gasteiger partial charge in [-0.25, -0.2) is 0 Å². The van der Waals surface area contributed by atoms with E-state index in [4.69, 9.17) is 22.1 Å². The molecule has 0 aliphatic carbocycles. The minimum absolute atomic E-state index is 0.602. The molecule has 1 rings (SSSR count). The van der Waals surface area contributed by atoms with Gasteiger partial charge in [0.15, 0.2) is 0 Å². The minimum Gasteiger partial charge on any atom is -0.491 e. The van der Waals surface area contributed by atoms with Crippen molar-refractivity contribution in [2.24, 2.45) is 0 Å². The second-order valence-electron chi connectivity index (χ2n) is 3.08. The summed E-state index contributed by atoms with van der Waals surface area (Å²) >= 11 is 7.70. The first-order valence-electron chi connectivity index (χ1n) is 4.99. The van der Waals surface area contributed by atoms with Crippen LogP contribution in [0.3, 0.4) is 0 Å². The van der Waals surface area contributed by atoms with Crippen molar-refractivity contribution in [3.8, 4) is 5.75 Å². The summed E-state index contributed by atoms with van der Waals surface area (Å²) in [5, 5.41) is 0.640. The Morgan fingerprint density at radius 3 is 2.93 bits per heavy atom. The molecule has 0 aromatic heterocycles. The summed E-state index contributed by atoms with van der Waals surface area (Å²) in [5.74, 6) is 3.01. The Kier molecular flexibility index (Phi) is 5.73. The van der Waals surface area contributed by atoms with Gasteiger partial charge in [0.25, 0.3) is 0 Å². The number of halogens is 1. The summed E-state index contributed by atoms with van der Waals surface area (Å²) in [7, 11) is 0. The van der Waals surface area contributed by atoms with Crippen molar-refractivity contribution < 1.29 is 4.74 Å². The number of nitrogen functional groups attached to an aromatic ring is 1. The third kappa shape index (κ3) is 4.67. The summed E-state index contributed by atoms with van der Waals surface area (Å²) < 4.78 is 5.54. The molecule has 0 heterocycles. The number of ether oxygens (including phenoxy) is 1. The fraction of sp³-hybridized carbons (Fsp3) is 0.455. The van der Waals surface area contributed by atoms with E-state index >= 15 is 0 Å². The number of nitrogens with two attached hydrogens (primary N) is 1. The molecule has 0 amide bonds. The third-order valence-corrected chi connectivity index (χ3v) is 3.09. The Labute approximate surface area is 100 Å². The second-order valence-corrected chi connectivity index (χ2v) is 4.91. The molecule has 4 heteroatoms. The topological polar surface area (TPSA) is 35.2 Å². The molecule has 1 aromatic rings. The first-order valence-corrected chi connectivity index (χ1v) is 6.53. The van der Waals surface area contributed by atoms with Crippen molar-refractivity contribution in [1.82, 2.24) is 0 Å². The van der Waals surface area contributed by atoms with Crippen LogP contribution in [0.4, 0.5) is 5.69 Å². The third-order valence-electron chi connectivity index (χ3n) is 1.87. The lowest BCUT2D eigenvalue weighted by molar-refractivity contribution is 0.320. The van der Waals surface area contributed by atoms with Crippen LogP contribution in [-0.4, -0.2) is 18.1 Å². The number of thioether (sulfide) groups is 1. The normalized spacial score (nSPS) is 10.3. The number of benzene rings is 1. The van der Waals surface area contributed by atoms with E-state index in [0.717, 1.165) is 23.7 Å². The number of anilines is 1. The predicted octanol–water partition coefficient (Wildman–Crippen LogP) is 3.44. The Hall–Kier alpha value is -0.540. The van der Waals surface area contributed by atoms with Gasteiger partial charge < -0.3 is 10.5 Å². The lowest BCUT2D eigenvalue weighted by Crippen LogP contribution is -2.01. The van der Waals surface area contributed by atoms with E-state index in [9.17, 15) is 0 Å². The van der Waals surface area contributed by atoms with E-state index in [-0.39, 0.29) is 0 Å². The van der Waals surface area contributed by atoms with Gasteiger partial charge in [-0.1, -0.05) is 18.5 Å². The SMILES string of the molecule is CCSCCCOc1ccc(Cl)cc1N. The van der Waals surface area contributed by atoms with Gasteiger partial charge in [0.05, 0.1) is 12.3 Å². The van der Waals surface area contributed by atoms with Gasteiger partial charge in [-0.15, -0.1) is 0 Å². The number of hydrogen-bond acceptors (Lipinski definition) is 3. The molecule has 0 saturated heterocycles. The molecule has 0 fully saturated rings. The second kappa shape index (κ2) is 6.85. The van der Waals surface area contributed by atoms with Crippen LogP contribution in [0.25, 0.3) is 0 Å². The van der Waals surface area contributed by atoms with E-state index < -0.39 is 0 Å². The quantitative estimate of drug-likeness (QED) is 0.616. The largest absolute Gasteiger partial charge is 0.491 e. The Balaban J connectivity index is 2.31. The van der Waals surface area contributed by atoms with Crippen LogP contribution in [0.2, 0.25) is 5.02 Å². The molecule has 0 saturated carbocycles. The van der Waals surface area contributed by atoms with Crippen LogP contribution in [0.1, 0.15) is 13.3 Å². The molecule has 0 aliphatic rings. The maximum absolute atomic E-state index is 5.78. The van der Waals surface area contributed by atoms with Gasteiger partial charge >= 0.3 is 0 Å². The number of hydrogen-bond donors (Lipinski definition) is 1. The fourth-order valence-electron chi connectivity index (χ4n) is 1.14. The molecule has 0 bridgehead atoms. The van der Waals surface area contributed by atoms with Crippen molar-refractivity contribution in [1.29, 1.82) is 0 Å². The van der Waals surface area contributed by atoms with Crippen molar-refractivity contribution >= 4 is 29.1 Å². The molecule has 1 aromatic carbocycles. The first-order chi connectivity index (χ1) is 7.24. The fourth-order valence-corrected chi connectivity index (χ4v) is 1.93. The van der Waals surface area contributed by atoms with Gasteiger partial charge in [-0.2, -0.15) is 11.8 Å². The first kappa shape index (κ1) is 12.5. The molecule has 84 valence electrons. The molecule has 2 N–H and O–H groups in total. The molecular formula is C11H16ClNOS. The van der Waals surface area contributed by atoms with Crippen LogP contribution in [0.5, 0.6) is 5.75 Å². The Bertz CT molecular complexity index is 307. The zero-order valence-electron chi connectivity index (χ0n) is 8.83. The van der Waals surface area contributed by atoms with E-state index in [0.29, 0.717) is 17.3 Å². The minimum atomic E-state index is 0.602. The highest BCUT2D eigenvalue weighted by molar-refractivity contribution is 7.99. The molecule has 0 unspecified atom stereocenters.